The van der Waals surface area contributed by atoms with Crippen LogP contribution in [0, 0.1) is 0 Å². The molecule has 4 nitrogen and oxygen atoms in total. The van der Waals surface area contributed by atoms with E-state index in [1.165, 1.54) is 18.4 Å². The van der Waals surface area contributed by atoms with Crippen molar-refractivity contribution in [3.05, 3.63) is 30.1 Å². The maximum Gasteiger partial charge on any atom is 0.112 e. The van der Waals surface area contributed by atoms with Gasteiger partial charge in [0.1, 0.15) is 5.82 Å². The van der Waals surface area contributed by atoms with Gasteiger partial charge in [-0.3, -0.25) is 4.90 Å². The molecule has 0 bridgehead atoms. The van der Waals surface area contributed by atoms with Crippen LogP contribution >= 0.6 is 0 Å². The zero-order chi connectivity index (χ0) is 14.4. The van der Waals surface area contributed by atoms with Gasteiger partial charge in [0.05, 0.1) is 16.6 Å². The molecule has 2 aromatic rings. The second-order valence-electron chi connectivity index (χ2n) is 6.61. The average molecular weight is 285 g/mol. The fourth-order valence-corrected chi connectivity index (χ4v) is 3.69. The lowest BCUT2D eigenvalue weighted by Crippen LogP contribution is -2.37. The highest BCUT2D eigenvalue weighted by Gasteiger charge is 2.42. The second kappa shape index (κ2) is 4.82. The van der Waals surface area contributed by atoms with Crippen molar-refractivity contribution >= 4 is 11.0 Å². The highest BCUT2D eigenvalue weighted by molar-refractivity contribution is 5.75. The Kier molecular flexibility index (Phi) is 3.05. The average Bonchev–Trinajstić information content (AvgIpc) is 3.17. The number of fused-ring (bicyclic) bond motifs is 1. The van der Waals surface area contributed by atoms with Gasteiger partial charge in [0.15, 0.2) is 0 Å². The Morgan fingerprint density at radius 3 is 2.90 bits per heavy atom. The minimum absolute atomic E-state index is 0.600. The third-order valence-electron chi connectivity index (χ3n) is 4.96. The van der Waals surface area contributed by atoms with Gasteiger partial charge in [-0.15, -0.1) is 0 Å². The Morgan fingerprint density at radius 1 is 1.33 bits per heavy atom. The Hall–Kier alpha value is -1.39. The van der Waals surface area contributed by atoms with E-state index in [0.717, 1.165) is 43.4 Å². The summed E-state index contributed by atoms with van der Waals surface area (Å²) >= 11 is 0. The Balaban J connectivity index is 1.61. The van der Waals surface area contributed by atoms with Crippen molar-refractivity contribution in [2.75, 3.05) is 13.1 Å². The summed E-state index contributed by atoms with van der Waals surface area (Å²) in [5.41, 5.74) is 1.61. The summed E-state index contributed by atoms with van der Waals surface area (Å²) in [4.78, 5) is 7.22. The van der Waals surface area contributed by atoms with E-state index in [-0.39, 0.29) is 0 Å². The molecule has 0 radical (unpaired) electrons. The molecular formula is C17H23N3O. The quantitative estimate of drug-likeness (QED) is 0.936. The van der Waals surface area contributed by atoms with Crippen molar-refractivity contribution in [2.45, 2.75) is 50.8 Å². The number of hydrogen-bond donors (Lipinski definition) is 1. The molecule has 0 amide bonds. The van der Waals surface area contributed by atoms with Crippen LogP contribution in [0.3, 0.4) is 0 Å². The van der Waals surface area contributed by atoms with Crippen LogP contribution in [-0.2, 0) is 13.0 Å². The number of imidazole rings is 1. The lowest BCUT2D eigenvalue weighted by atomic mass is 9.98. The number of β-amino-alcohol motifs (C(OH)–C–C–N with tert-alkyl or cyclic N) is 1. The largest absolute Gasteiger partial charge is 0.388 e. The number of aliphatic hydroxyl groups is 1. The molecule has 1 unspecified atom stereocenters. The van der Waals surface area contributed by atoms with E-state index in [0.29, 0.717) is 6.42 Å². The topological polar surface area (TPSA) is 41.3 Å². The highest BCUT2D eigenvalue weighted by atomic mass is 16.3. The van der Waals surface area contributed by atoms with Crippen LogP contribution in [0.25, 0.3) is 11.0 Å². The molecule has 2 heterocycles. The Labute approximate surface area is 125 Å². The van der Waals surface area contributed by atoms with Gasteiger partial charge >= 0.3 is 0 Å². The van der Waals surface area contributed by atoms with Crippen LogP contribution in [0.4, 0.5) is 0 Å². The first-order valence-corrected chi connectivity index (χ1v) is 8.09. The van der Waals surface area contributed by atoms with Crippen LogP contribution in [0.5, 0.6) is 0 Å². The smallest absolute Gasteiger partial charge is 0.112 e. The van der Waals surface area contributed by atoms with E-state index in [1.807, 2.05) is 6.07 Å². The Bertz CT molecular complexity index is 661. The first kappa shape index (κ1) is 13.3. The fraction of sp³-hybridized carbons (Fsp3) is 0.588. The first-order chi connectivity index (χ1) is 10.2. The fourth-order valence-electron chi connectivity index (χ4n) is 3.69. The van der Waals surface area contributed by atoms with Crippen molar-refractivity contribution in [1.82, 2.24) is 14.5 Å². The monoisotopic (exact) mass is 285 g/mol. The minimum Gasteiger partial charge on any atom is -0.388 e. The maximum absolute atomic E-state index is 10.9. The number of hydrogen-bond acceptors (Lipinski definition) is 3. The van der Waals surface area contributed by atoms with Gasteiger partial charge in [-0.2, -0.15) is 0 Å². The summed E-state index contributed by atoms with van der Waals surface area (Å²) in [6.45, 7) is 4.89. The van der Waals surface area contributed by atoms with Crippen molar-refractivity contribution < 1.29 is 5.11 Å². The number of nitrogens with zero attached hydrogens (tertiary/aromatic N) is 3. The summed E-state index contributed by atoms with van der Waals surface area (Å²) in [7, 11) is 0. The first-order valence-electron chi connectivity index (χ1n) is 8.09. The van der Waals surface area contributed by atoms with E-state index < -0.39 is 5.60 Å². The van der Waals surface area contributed by atoms with Crippen molar-refractivity contribution in [3.8, 4) is 0 Å². The molecule has 4 heteroatoms. The highest BCUT2D eigenvalue weighted by Crippen LogP contribution is 2.35. The summed E-state index contributed by atoms with van der Waals surface area (Å²) in [6.07, 6.45) is 4.16. The molecule has 2 fully saturated rings. The molecule has 1 saturated heterocycles. The lowest BCUT2D eigenvalue weighted by molar-refractivity contribution is 0.0461. The summed E-state index contributed by atoms with van der Waals surface area (Å²) < 4.78 is 2.24. The second-order valence-corrected chi connectivity index (χ2v) is 6.61. The third kappa shape index (κ3) is 2.36. The molecule has 1 N–H and O–H groups in total. The molecule has 1 aliphatic carbocycles. The molecule has 4 rings (SSSR count). The van der Waals surface area contributed by atoms with Crippen molar-refractivity contribution in [2.24, 2.45) is 0 Å². The van der Waals surface area contributed by atoms with Crippen molar-refractivity contribution in [3.63, 3.8) is 0 Å². The zero-order valence-electron chi connectivity index (χ0n) is 12.6. The maximum atomic E-state index is 10.9. The molecule has 2 aliphatic rings. The molecule has 1 aromatic carbocycles. The van der Waals surface area contributed by atoms with E-state index >= 15 is 0 Å². The van der Waals surface area contributed by atoms with Crippen LogP contribution < -0.4 is 0 Å². The van der Waals surface area contributed by atoms with Crippen LogP contribution in [-0.4, -0.2) is 44.3 Å². The predicted octanol–water partition coefficient (Wildman–Crippen LogP) is 2.20. The van der Waals surface area contributed by atoms with Crippen LogP contribution in [0.15, 0.2) is 24.3 Å². The van der Waals surface area contributed by atoms with E-state index in [1.54, 1.807) is 0 Å². The molecule has 112 valence electrons. The number of benzene rings is 1. The molecular weight excluding hydrogens is 262 g/mol. The molecule has 1 aromatic heterocycles. The van der Waals surface area contributed by atoms with E-state index in [4.69, 9.17) is 4.98 Å². The van der Waals surface area contributed by atoms with Gasteiger partial charge in [0, 0.05) is 32.1 Å². The van der Waals surface area contributed by atoms with E-state index in [9.17, 15) is 5.11 Å². The number of aryl methyl sites for hydroxylation is 1. The molecule has 1 aliphatic heterocycles. The lowest BCUT2D eigenvalue weighted by Gasteiger charge is -2.23. The SMILES string of the molecule is CCn1c(CC2(O)CCN(C3CC3)C2)nc2ccccc21. The molecule has 21 heavy (non-hydrogen) atoms. The van der Waals surface area contributed by atoms with Crippen molar-refractivity contribution in [1.29, 1.82) is 0 Å². The summed E-state index contributed by atoms with van der Waals surface area (Å²) in [5.74, 6) is 1.03. The third-order valence-corrected chi connectivity index (χ3v) is 4.96. The van der Waals surface area contributed by atoms with Gasteiger partial charge in [-0.1, -0.05) is 12.1 Å². The van der Waals surface area contributed by atoms with E-state index in [2.05, 4.69) is 34.6 Å². The molecule has 1 atom stereocenters. The normalized spacial score (nSPS) is 26.8. The van der Waals surface area contributed by atoms with Gasteiger partial charge < -0.3 is 9.67 Å². The number of aromatic nitrogens is 2. The minimum atomic E-state index is -0.600. The van der Waals surface area contributed by atoms with Gasteiger partial charge in [0.25, 0.3) is 0 Å². The summed E-state index contributed by atoms with van der Waals surface area (Å²) in [5, 5.41) is 10.9. The predicted molar refractivity (Wildman–Crippen MR) is 83.3 cm³/mol. The number of rotatable bonds is 4. The number of likely N-dealkylation sites (tertiary alicyclic amines) is 1. The molecule has 0 spiro atoms. The zero-order valence-corrected chi connectivity index (χ0v) is 12.6. The van der Waals surface area contributed by atoms with Crippen LogP contribution in [0.1, 0.15) is 32.0 Å². The summed E-state index contributed by atoms with van der Waals surface area (Å²) in [6, 6.07) is 8.99. The number of para-hydroxylation sites is 2. The standard InChI is InChI=1S/C17H23N3O/c1-2-20-15-6-4-3-5-14(15)18-16(20)11-17(21)9-10-19(12-17)13-7-8-13/h3-6,13,21H,2,7-12H2,1H3. The van der Waals surface area contributed by atoms with Gasteiger partial charge in [-0.05, 0) is 38.3 Å². The van der Waals surface area contributed by atoms with Gasteiger partial charge in [0.2, 0.25) is 0 Å². The Morgan fingerprint density at radius 2 is 2.14 bits per heavy atom. The molecule has 1 saturated carbocycles. The van der Waals surface area contributed by atoms with Crippen LogP contribution in [0.2, 0.25) is 0 Å². The van der Waals surface area contributed by atoms with Gasteiger partial charge in [-0.25, -0.2) is 4.98 Å².